The van der Waals surface area contributed by atoms with E-state index in [-0.39, 0.29) is 5.13 Å². The summed E-state index contributed by atoms with van der Waals surface area (Å²) in [5.41, 5.74) is -1.24. The smallest absolute Gasteiger partial charge is 0.284 e. The molecule has 4 nitrogen and oxygen atoms in total. The highest BCUT2D eigenvalue weighted by Gasteiger charge is 2.34. The Morgan fingerprint density at radius 2 is 2.00 bits per heavy atom. The lowest BCUT2D eigenvalue weighted by Crippen LogP contribution is -2.13. The van der Waals surface area contributed by atoms with Gasteiger partial charge in [0.15, 0.2) is 0 Å². The van der Waals surface area contributed by atoms with Crippen molar-refractivity contribution in [2.24, 2.45) is 0 Å². The number of hydrogen-bond donors (Lipinski definition) is 1. The van der Waals surface area contributed by atoms with Crippen molar-refractivity contribution in [2.75, 3.05) is 0 Å². The third-order valence-electron chi connectivity index (χ3n) is 2.50. The van der Waals surface area contributed by atoms with E-state index in [1.54, 1.807) is 24.3 Å². The second kappa shape index (κ2) is 3.95. The van der Waals surface area contributed by atoms with E-state index >= 15 is 0 Å². The molecule has 1 aromatic carbocycles. The highest BCUT2D eigenvalue weighted by Crippen LogP contribution is 2.28. The number of nitrogens with one attached hydrogen (secondary N) is 1. The molecule has 2 heterocycles. The molecule has 0 aliphatic rings. The van der Waals surface area contributed by atoms with Gasteiger partial charge in [-0.1, -0.05) is 23.5 Å². The predicted octanol–water partition coefficient (Wildman–Crippen LogP) is 2.79. The molecule has 0 fully saturated rings. The highest BCUT2D eigenvalue weighted by molar-refractivity contribution is 7.20. The first-order chi connectivity index (χ1) is 8.95. The lowest BCUT2D eigenvalue weighted by atomic mass is 10.3. The van der Waals surface area contributed by atoms with E-state index in [0.717, 1.165) is 20.7 Å². The number of nitrogens with zero attached hydrogens (tertiary/aromatic N) is 2. The maximum absolute atomic E-state index is 12.5. The van der Waals surface area contributed by atoms with Crippen LogP contribution in [0.1, 0.15) is 5.69 Å². The Hall–Kier alpha value is -2.09. The van der Waals surface area contributed by atoms with Gasteiger partial charge in [0.1, 0.15) is 5.69 Å². The largest absolute Gasteiger partial charge is 0.432 e. The van der Waals surface area contributed by atoms with Gasteiger partial charge in [0.05, 0.1) is 10.2 Å². The summed E-state index contributed by atoms with van der Waals surface area (Å²) in [6, 6.07) is 7.60. The molecule has 3 rings (SSSR count). The number of alkyl halides is 3. The van der Waals surface area contributed by atoms with Crippen molar-refractivity contribution >= 4 is 21.6 Å². The molecular formula is C11H6F3N3OS. The van der Waals surface area contributed by atoms with E-state index in [9.17, 15) is 18.0 Å². The number of H-pyrrole nitrogens is 1. The fourth-order valence-electron chi connectivity index (χ4n) is 1.64. The van der Waals surface area contributed by atoms with Crippen LogP contribution in [0.4, 0.5) is 13.2 Å². The van der Waals surface area contributed by atoms with Crippen molar-refractivity contribution in [1.29, 1.82) is 0 Å². The lowest BCUT2D eigenvalue weighted by molar-refractivity contribution is -0.141. The molecule has 0 aliphatic carbocycles. The van der Waals surface area contributed by atoms with Crippen LogP contribution in [0.5, 0.6) is 0 Å². The number of benzene rings is 1. The molecule has 2 aromatic heterocycles. The number of para-hydroxylation sites is 1. The number of hydrogen-bond acceptors (Lipinski definition) is 3. The van der Waals surface area contributed by atoms with E-state index < -0.39 is 17.4 Å². The Balaban J connectivity index is 2.16. The van der Waals surface area contributed by atoms with Gasteiger partial charge < -0.3 is 0 Å². The molecule has 0 saturated carbocycles. The zero-order chi connectivity index (χ0) is 13.6. The normalized spacial score (nSPS) is 12.2. The van der Waals surface area contributed by atoms with Crippen LogP contribution < -0.4 is 5.56 Å². The molecule has 0 unspecified atom stereocenters. The summed E-state index contributed by atoms with van der Waals surface area (Å²) < 4.78 is 39.1. The van der Waals surface area contributed by atoms with Crippen LogP contribution in [0, 0.1) is 0 Å². The first-order valence-corrected chi connectivity index (χ1v) is 6.02. The Morgan fingerprint density at radius 1 is 1.26 bits per heavy atom. The van der Waals surface area contributed by atoms with E-state index in [1.165, 1.54) is 0 Å². The molecule has 0 radical (unpaired) electrons. The quantitative estimate of drug-likeness (QED) is 0.747. The summed E-state index contributed by atoms with van der Waals surface area (Å²) in [5, 5.41) is 2.21. The Labute approximate surface area is 108 Å². The van der Waals surface area contributed by atoms with Gasteiger partial charge in [-0.15, -0.1) is 0 Å². The molecule has 3 aromatic rings. The zero-order valence-electron chi connectivity index (χ0n) is 9.23. The van der Waals surface area contributed by atoms with Gasteiger partial charge in [0.25, 0.3) is 5.56 Å². The van der Waals surface area contributed by atoms with Crippen LogP contribution in [0.2, 0.25) is 0 Å². The molecule has 0 amide bonds. The van der Waals surface area contributed by atoms with Gasteiger partial charge in [-0.05, 0) is 12.1 Å². The van der Waals surface area contributed by atoms with Gasteiger partial charge in [-0.3, -0.25) is 9.89 Å². The molecule has 19 heavy (non-hydrogen) atoms. The summed E-state index contributed by atoms with van der Waals surface area (Å²) >= 11 is 1.14. The number of rotatable bonds is 1. The standard InChI is InChI=1S/C11H6F3N3OS/c12-11(13,14)8-5-9(18)17(16-8)10-15-6-3-1-2-4-7(6)19-10/h1-5,16H. The summed E-state index contributed by atoms with van der Waals surface area (Å²) in [6.07, 6.45) is -4.58. The fraction of sp³-hybridized carbons (Fsp3) is 0.0909. The molecule has 0 spiro atoms. The summed E-state index contributed by atoms with van der Waals surface area (Å²) in [6.45, 7) is 0. The molecule has 8 heteroatoms. The topological polar surface area (TPSA) is 50.7 Å². The minimum atomic E-state index is -4.58. The average molecular weight is 285 g/mol. The minimum absolute atomic E-state index is 0.182. The number of fused-ring (bicyclic) bond motifs is 1. The van der Waals surface area contributed by atoms with Crippen molar-refractivity contribution in [1.82, 2.24) is 14.8 Å². The van der Waals surface area contributed by atoms with Crippen LogP contribution in [-0.2, 0) is 6.18 Å². The van der Waals surface area contributed by atoms with Crippen LogP contribution in [0.25, 0.3) is 15.3 Å². The fourth-order valence-corrected chi connectivity index (χ4v) is 2.57. The van der Waals surface area contributed by atoms with Gasteiger partial charge in [-0.25, -0.2) is 4.98 Å². The monoisotopic (exact) mass is 285 g/mol. The molecule has 0 saturated heterocycles. The third kappa shape index (κ3) is 2.03. The molecule has 1 N–H and O–H groups in total. The van der Waals surface area contributed by atoms with Crippen LogP contribution >= 0.6 is 11.3 Å². The highest BCUT2D eigenvalue weighted by atomic mass is 32.1. The zero-order valence-corrected chi connectivity index (χ0v) is 10.0. The van der Waals surface area contributed by atoms with Gasteiger partial charge in [0, 0.05) is 6.07 Å². The molecule has 0 aliphatic heterocycles. The van der Waals surface area contributed by atoms with Crippen LogP contribution in [0.15, 0.2) is 35.1 Å². The maximum Gasteiger partial charge on any atom is 0.432 e. The summed E-state index contributed by atoms with van der Waals surface area (Å²) in [7, 11) is 0. The van der Waals surface area contributed by atoms with Crippen molar-refractivity contribution < 1.29 is 13.2 Å². The predicted molar refractivity (Wildman–Crippen MR) is 64.6 cm³/mol. The first kappa shape index (κ1) is 12.0. The minimum Gasteiger partial charge on any atom is -0.284 e. The number of aromatic nitrogens is 3. The van der Waals surface area contributed by atoms with Gasteiger partial charge in [0.2, 0.25) is 5.13 Å². The van der Waals surface area contributed by atoms with Crippen molar-refractivity contribution in [3.63, 3.8) is 0 Å². The van der Waals surface area contributed by atoms with E-state index in [0.29, 0.717) is 11.6 Å². The van der Waals surface area contributed by atoms with Crippen molar-refractivity contribution in [3.8, 4) is 5.13 Å². The second-order valence-corrected chi connectivity index (χ2v) is 4.81. The van der Waals surface area contributed by atoms with E-state index in [2.05, 4.69) is 4.98 Å². The third-order valence-corrected chi connectivity index (χ3v) is 3.52. The van der Waals surface area contributed by atoms with Crippen molar-refractivity contribution in [2.45, 2.75) is 6.18 Å². The number of aromatic amines is 1. The number of thiazole rings is 1. The Morgan fingerprint density at radius 3 is 2.63 bits per heavy atom. The SMILES string of the molecule is O=c1cc(C(F)(F)F)[nH]n1-c1nc2ccccc2s1. The Kier molecular flexibility index (Phi) is 2.49. The van der Waals surface area contributed by atoms with Crippen molar-refractivity contribution in [3.05, 3.63) is 46.4 Å². The Bertz CT molecular complexity index is 766. The second-order valence-electron chi connectivity index (χ2n) is 3.81. The first-order valence-electron chi connectivity index (χ1n) is 5.20. The maximum atomic E-state index is 12.5. The van der Waals surface area contributed by atoms with Crippen LogP contribution in [0.3, 0.4) is 0 Å². The molecule has 0 atom stereocenters. The molecular weight excluding hydrogens is 279 g/mol. The summed E-state index contributed by atoms with van der Waals surface area (Å²) in [5.74, 6) is 0. The molecule has 98 valence electrons. The van der Waals surface area contributed by atoms with Gasteiger partial charge in [-0.2, -0.15) is 17.9 Å². The molecule has 0 bridgehead atoms. The van der Waals surface area contributed by atoms with Crippen LogP contribution in [-0.4, -0.2) is 14.8 Å². The summed E-state index contributed by atoms with van der Waals surface area (Å²) in [4.78, 5) is 15.7. The van der Waals surface area contributed by atoms with E-state index in [4.69, 9.17) is 0 Å². The van der Waals surface area contributed by atoms with Gasteiger partial charge >= 0.3 is 6.18 Å². The van der Waals surface area contributed by atoms with E-state index in [1.807, 2.05) is 5.10 Å². The number of halogens is 3. The average Bonchev–Trinajstić information content (AvgIpc) is 2.90. The lowest BCUT2D eigenvalue weighted by Gasteiger charge is -2.01.